The number of nitrogens with two attached hydrogens (primary N) is 1. The van der Waals surface area contributed by atoms with Crippen LogP contribution in [0.2, 0.25) is 0 Å². The average molecular weight is 197 g/mol. The Morgan fingerprint density at radius 2 is 2.36 bits per heavy atom. The van der Waals surface area contributed by atoms with Gasteiger partial charge in [-0.1, -0.05) is 0 Å². The summed E-state index contributed by atoms with van der Waals surface area (Å²) in [5.74, 6) is 0.251. The number of fused-ring (bicyclic) bond motifs is 1. The third-order valence-corrected chi connectivity index (χ3v) is 2.43. The number of rotatable bonds is 2. The molecule has 3 nitrogen and oxygen atoms in total. The van der Waals surface area contributed by atoms with Gasteiger partial charge in [0.2, 0.25) is 0 Å². The number of hydrogen-bond donors (Lipinski definition) is 2. The fraction of sp³-hybridized carbons (Fsp3) is 0.400. The maximum Gasteiger partial charge on any atom is 0.129 e. The lowest BCUT2D eigenvalue weighted by Gasteiger charge is -2.13. The topological polar surface area (TPSA) is 55.5 Å². The molecule has 2 rings (SSSR count). The Hall–Kier alpha value is -1.13. The molecule has 1 aromatic rings. The largest absolute Gasteiger partial charge is 0.493 e. The van der Waals surface area contributed by atoms with Crippen LogP contribution in [0.15, 0.2) is 12.1 Å². The van der Waals surface area contributed by atoms with Gasteiger partial charge in [-0.15, -0.1) is 0 Å². The smallest absolute Gasteiger partial charge is 0.129 e. The molecular weight excluding hydrogens is 185 g/mol. The van der Waals surface area contributed by atoms with Crippen molar-refractivity contribution in [2.24, 2.45) is 5.73 Å². The second-order valence-corrected chi connectivity index (χ2v) is 3.29. The molecule has 14 heavy (non-hydrogen) atoms. The number of ether oxygens (including phenoxy) is 1. The van der Waals surface area contributed by atoms with Gasteiger partial charge < -0.3 is 15.6 Å². The van der Waals surface area contributed by atoms with E-state index in [1.165, 1.54) is 6.07 Å². The normalized spacial score (nSPS) is 16.2. The van der Waals surface area contributed by atoms with E-state index in [0.29, 0.717) is 24.3 Å². The van der Waals surface area contributed by atoms with Crippen LogP contribution < -0.4 is 10.5 Å². The van der Waals surface area contributed by atoms with Gasteiger partial charge in [0.1, 0.15) is 11.6 Å². The molecule has 0 amide bonds. The molecule has 0 aliphatic carbocycles. The van der Waals surface area contributed by atoms with E-state index in [4.69, 9.17) is 10.5 Å². The SMILES string of the molecule is NCC(O)c1c(F)ccc2c1CCO2. The number of hydrogen-bond acceptors (Lipinski definition) is 3. The van der Waals surface area contributed by atoms with Crippen molar-refractivity contribution in [3.8, 4) is 5.75 Å². The molecule has 0 saturated carbocycles. The van der Waals surface area contributed by atoms with E-state index in [2.05, 4.69) is 0 Å². The van der Waals surface area contributed by atoms with E-state index in [1.54, 1.807) is 6.07 Å². The highest BCUT2D eigenvalue weighted by atomic mass is 19.1. The van der Waals surface area contributed by atoms with Crippen molar-refractivity contribution in [3.63, 3.8) is 0 Å². The van der Waals surface area contributed by atoms with E-state index in [-0.39, 0.29) is 6.54 Å². The summed E-state index contributed by atoms with van der Waals surface area (Å²) in [7, 11) is 0. The van der Waals surface area contributed by atoms with E-state index < -0.39 is 11.9 Å². The van der Waals surface area contributed by atoms with Crippen molar-refractivity contribution < 1.29 is 14.2 Å². The summed E-state index contributed by atoms with van der Waals surface area (Å²) in [6, 6.07) is 2.89. The Balaban J connectivity index is 2.51. The Bertz CT molecular complexity index is 354. The van der Waals surface area contributed by atoms with Crippen molar-refractivity contribution in [3.05, 3.63) is 29.1 Å². The average Bonchev–Trinajstić information content (AvgIpc) is 2.64. The molecule has 1 aliphatic rings. The molecule has 3 N–H and O–H groups in total. The Kier molecular flexibility index (Phi) is 2.39. The fourth-order valence-corrected chi connectivity index (χ4v) is 1.75. The standard InChI is InChI=1S/C10H12FNO2/c11-7-1-2-9-6(3-4-14-9)10(7)8(13)5-12/h1-2,8,13H,3-5,12H2. The predicted octanol–water partition coefficient (Wildman–Crippen LogP) is 0.753. The van der Waals surface area contributed by atoms with Gasteiger partial charge >= 0.3 is 0 Å². The number of aliphatic hydroxyl groups is 1. The van der Waals surface area contributed by atoms with Crippen molar-refractivity contribution in [1.82, 2.24) is 0 Å². The molecule has 0 bridgehead atoms. The van der Waals surface area contributed by atoms with Gasteiger partial charge in [0.25, 0.3) is 0 Å². The molecule has 0 radical (unpaired) electrons. The molecule has 0 fully saturated rings. The quantitative estimate of drug-likeness (QED) is 0.735. The van der Waals surface area contributed by atoms with Crippen LogP contribution in [0.4, 0.5) is 4.39 Å². The van der Waals surface area contributed by atoms with Crippen LogP contribution in [0, 0.1) is 5.82 Å². The monoisotopic (exact) mass is 197 g/mol. The summed E-state index contributed by atoms with van der Waals surface area (Å²) in [5, 5.41) is 9.55. The van der Waals surface area contributed by atoms with Crippen LogP contribution in [0.1, 0.15) is 17.2 Å². The summed E-state index contributed by atoms with van der Waals surface area (Å²) in [5.41, 5.74) is 6.36. The minimum atomic E-state index is -0.938. The lowest BCUT2D eigenvalue weighted by Crippen LogP contribution is -2.14. The molecule has 0 aromatic heterocycles. The minimum Gasteiger partial charge on any atom is -0.493 e. The first-order chi connectivity index (χ1) is 6.74. The van der Waals surface area contributed by atoms with Crippen molar-refractivity contribution in [1.29, 1.82) is 0 Å². The van der Waals surface area contributed by atoms with Crippen LogP contribution in [-0.4, -0.2) is 18.3 Å². The van der Waals surface area contributed by atoms with Crippen molar-refractivity contribution in [2.45, 2.75) is 12.5 Å². The maximum atomic E-state index is 13.4. The molecular formula is C10H12FNO2. The molecule has 1 unspecified atom stereocenters. The van der Waals surface area contributed by atoms with Gasteiger partial charge in [-0.3, -0.25) is 0 Å². The molecule has 0 saturated heterocycles. The zero-order chi connectivity index (χ0) is 10.1. The molecule has 4 heteroatoms. The van der Waals surface area contributed by atoms with Crippen LogP contribution in [0.25, 0.3) is 0 Å². The summed E-state index contributed by atoms with van der Waals surface area (Å²) in [4.78, 5) is 0. The van der Waals surface area contributed by atoms with Crippen molar-refractivity contribution in [2.75, 3.05) is 13.2 Å². The van der Waals surface area contributed by atoms with Crippen LogP contribution in [-0.2, 0) is 6.42 Å². The Labute approximate surface area is 81.3 Å². The van der Waals surface area contributed by atoms with Crippen molar-refractivity contribution >= 4 is 0 Å². The second kappa shape index (κ2) is 3.55. The summed E-state index contributed by atoms with van der Waals surface area (Å²) in [6.45, 7) is 0.566. The highest BCUT2D eigenvalue weighted by Gasteiger charge is 2.23. The molecule has 76 valence electrons. The third-order valence-electron chi connectivity index (χ3n) is 2.43. The van der Waals surface area contributed by atoms with Gasteiger partial charge in [-0.25, -0.2) is 4.39 Å². The highest BCUT2D eigenvalue weighted by Crippen LogP contribution is 2.33. The number of halogens is 1. The minimum absolute atomic E-state index is 0.0212. The summed E-state index contributed by atoms with van der Waals surface area (Å²) in [6.07, 6.45) is -0.300. The Morgan fingerprint density at radius 3 is 3.07 bits per heavy atom. The van der Waals surface area contributed by atoms with E-state index in [0.717, 1.165) is 5.56 Å². The highest BCUT2D eigenvalue weighted by molar-refractivity contribution is 5.44. The van der Waals surface area contributed by atoms with E-state index >= 15 is 0 Å². The van der Waals surface area contributed by atoms with E-state index in [1.807, 2.05) is 0 Å². The second-order valence-electron chi connectivity index (χ2n) is 3.29. The number of benzene rings is 1. The first-order valence-corrected chi connectivity index (χ1v) is 4.56. The Morgan fingerprint density at radius 1 is 1.57 bits per heavy atom. The zero-order valence-electron chi connectivity index (χ0n) is 7.66. The van der Waals surface area contributed by atoms with Gasteiger partial charge in [0, 0.05) is 24.1 Å². The fourth-order valence-electron chi connectivity index (χ4n) is 1.75. The first-order valence-electron chi connectivity index (χ1n) is 4.56. The first kappa shape index (κ1) is 9.43. The molecule has 0 spiro atoms. The van der Waals surface area contributed by atoms with E-state index in [9.17, 15) is 9.50 Å². The van der Waals surface area contributed by atoms with Gasteiger partial charge in [-0.2, -0.15) is 0 Å². The van der Waals surface area contributed by atoms with Gasteiger partial charge in [-0.05, 0) is 12.1 Å². The van der Waals surface area contributed by atoms with Crippen LogP contribution in [0.3, 0.4) is 0 Å². The zero-order valence-corrected chi connectivity index (χ0v) is 7.66. The predicted molar refractivity (Wildman–Crippen MR) is 49.6 cm³/mol. The molecule has 1 atom stereocenters. The maximum absolute atomic E-state index is 13.4. The van der Waals surface area contributed by atoms with Gasteiger partial charge in [0.05, 0.1) is 12.7 Å². The summed E-state index contributed by atoms with van der Waals surface area (Å²) < 4.78 is 18.7. The van der Waals surface area contributed by atoms with Gasteiger partial charge in [0.15, 0.2) is 0 Å². The number of aliphatic hydroxyl groups excluding tert-OH is 1. The van der Waals surface area contributed by atoms with Crippen LogP contribution in [0.5, 0.6) is 5.75 Å². The van der Waals surface area contributed by atoms with Crippen LogP contribution >= 0.6 is 0 Å². The molecule has 1 heterocycles. The third kappa shape index (κ3) is 1.36. The molecule has 1 aromatic carbocycles. The lowest BCUT2D eigenvalue weighted by atomic mass is 9.99. The lowest BCUT2D eigenvalue weighted by molar-refractivity contribution is 0.181. The summed E-state index contributed by atoms with van der Waals surface area (Å²) >= 11 is 0. The molecule has 1 aliphatic heterocycles.